The zero-order valence-corrected chi connectivity index (χ0v) is 11.9. The van der Waals surface area contributed by atoms with Gasteiger partial charge in [0.1, 0.15) is 11.7 Å². The molecule has 0 saturated carbocycles. The highest BCUT2D eigenvalue weighted by Crippen LogP contribution is 2.24. The first-order valence-electron chi connectivity index (χ1n) is 7.04. The molecule has 23 heavy (non-hydrogen) atoms. The lowest BCUT2D eigenvalue weighted by Crippen LogP contribution is -2.39. The number of aromatic nitrogens is 2. The standard InChI is InChI=1S/C17H11N5O/c18-8-9-5-6-12-13(7-9)21-16(20-12)14-15(19)10-3-1-2-4-11(10)22-17(14)23/h1-7,14H,19H2,(H,20,21). The highest BCUT2D eigenvalue weighted by molar-refractivity contribution is 5.94. The highest BCUT2D eigenvalue weighted by Gasteiger charge is 2.29. The molecular weight excluding hydrogens is 290 g/mol. The van der Waals surface area contributed by atoms with Gasteiger partial charge < -0.3 is 10.7 Å². The predicted octanol–water partition coefficient (Wildman–Crippen LogP) is 0.445. The maximum absolute atomic E-state index is 12.4. The molecule has 2 aromatic carbocycles. The van der Waals surface area contributed by atoms with E-state index in [4.69, 9.17) is 11.0 Å². The van der Waals surface area contributed by atoms with Gasteiger partial charge in [-0.25, -0.2) is 9.98 Å². The maximum atomic E-state index is 12.4. The summed E-state index contributed by atoms with van der Waals surface area (Å²) in [5.74, 6) is -0.639. The second kappa shape index (κ2) is 4.78. The number of rotatable bonds is 1. The molecule has 1 aromatic heterocycles. The van der Waals surface area contributed by atoms with Crippen LogP contribution in [0.3, 0.4) is 0 Å². The average Bonchev–Trinajstić information content (AvgIpc) is 2.97. The Morgan fingerprint density at radius 1 is 1.22 bits per heavy atom. The van der Waals surface area contributed by atoms with Crippen LogP contribution in [-0.4, -0.2) is 15.9 Å². The predicted molar refractivity (Wildman–Crippen MR) is 83.4 cm³/mol. The van der Waals surface area contributed by atoms with Crippen molar-refractivity contribution in [1.82, 2.24) is 9.97 Å². The summed E-state index contributed by atoms with van der Waals surface area (Å²) in [4.78, 5) is 24.0. The molecule has 0 bridgehead atoms. The Labute approximate surface area is 130 Å². The first kappa shape index (κ1) is 13.2. The quantitative estimate of drug-likeness (QED) is 0.680. The molecule has 110 valence electrons. The van der Waals surface area contributed by atoms with Crippen molar-refractivity contribution < 1.29 is 4.79 Å². The lowest BCUT2D eigenvalue weighted by atomic mass is 9.99. The fourth-order valence-corrected chi connectivity index (χ4v) is 2.78. The second-order valence-electron chi connectivity index (χ2n) is 5.32. The molecule has 3 aromatic rings. The summed E-state index contributed by atoms with van der Waals surface area (Å²) >= 11 is 0. The summed E-state index contributed by atoms with van der Waals surface area (Å²) in [7, 11) is 0. The smallest absolute Gasteiger partial charge is 0.262 e. The van der Waals surface area contributed by atoms with E-state index in [0.29, 0.717) is 28.0 Å². The molecule has 3 N–H and O–H groups in total. The van der Waals surface area contributed by atoms with E-state index in [1.165, 1.54) is 0 Å². The molecule has 1 aliphatic rings. The molecule has 0 saturated heterocycles. The van der Waals surface area contributed by atoms with Crippen molar-refractivity contribution >= 4 is 22.6 Å². The number of benzene rings is 2. The molecule has 1 aliphatic heterocycles. The number of fused-ring (bicyclic) bond motifs is 2. The SMILES string of the molecule is N#Cc1ccc2[nH]c(C3C(=O)N=c4ccccc4=C3N)nc2c1. The maximum Gasteiger partial charge on any atom is 0.262 e. The Morgan fingerprint density at radius 3 is 2.87 bits per heavy atom. The molecule has 2 heterocycles. The van der Waals surface area contributed by atoms with E-state index in [9.17, 15) is 4.79 Å². The van der Waals surface area contributed by atoms with Crippen LogP contribution in [0.5, 0.6) is 0 Å². The van der Waals surface area contributed by atoms with Crippen LogP contribution in [0.25, 0.3) is 16.7 Å². The number of nitrogens with one attached hydrogen (secondary N) is 1. The van der Waals surface area contributed by atoms with Gasteiger partial charge in [0.05, 0.1) is 28.0 Å². The van der Waals surface area contributed by atoms with Gasteiger partial charge >= 0.3 is 0 Å². The fourth-order valence-electron chi connectivity index (χ4n) is 2.78. The van der Waals surface area contributed by atoms with Gasteiger partial charge in [-0.2, -0.15) is 5.26 Å². The van der Waals surface area contributed by atoms with Gasteiger partial charge in [-0.1, -0.05) is 18.2 Å². The topological polar surface area (TPSA) is 108 Å². The Kier molecular flexibility index (Phi) is 2.75. The van der Waals surface area contributed by atoms with E-state index in [0.717, 1.165) is 10.7 Å². The molecule has 6 heteroatoms. The van der Waals surface area contributed by atoms with E-state index in [2.05, 4.69) is 21.0 Å². The number of nitriles is 1. The van der Waals surface area contributed by atoms with Crippen LogP contribution >= 0.6 is 0 Å². The minimum atomic E-state index is -0.733. The zero-order valence-electron chi connectivity index (χ0n) is 11.9. The van der Waals surface area contributed by atoms with Gasteiger partial charge in [-0.15, -0.1) is 0 Å². The van der Waals surface area contributed by atoms with Crippen molar-refractivity contribution in [2.45, 2.75) is 5.92 Å². The molecule has 4 rings (SSSR count). The van der Waals surface area contributed by atoms with Crippen LogP contribution in [0.15, 0.2) is 47.5 Å². The van der Waals surface area contributed by atoms with Crippen LogP contribution in [-0.2, 0) is 4.79 Å². The van der Waals surface area contributed by atoms with Gasteiger partial charge in [0, 0.05) is 10.9 Å². The van der Waals surface area contributed by atoms with Gasteiger partial charge in [-0.05, 0) is 24.3 Å². The Balaban J connectivity index is 1.93. The fraction of sp³-hybridized carbons (Fsp3) is 0.0588. The largest absolute Gasteiger partial charge is 0.400 e. The number of hydrogen-bond donors (Lipinski definition) is 2. The highest BCUT2D eigenvalue weighted by atomic mass is 16.1. The van der Waals surface area contributed by atoms with Gasteiger partial charge in [0.2, 0.25) is 0 Å². The van der Waals surface area contributed by atoms with Crippen LogP contribution in [0.2, 0.25) is 0 Å². The lowest BCUT2D eigenvalue weighted by Gasteiger charge is -2.15. The third kappa shape index (κ3) is 1.99. The van der Waals surface area contributed by atoms with Crippen LogP contribution in [0.1, 0.15) is 17.3 Å². The normalized spacial score (nSPS) is 16.7. The van der Waals surface area contributed by atoms with E-state index in [1.54, 1.807) is 24.3 Å². The number of imidazole rings is 1. The Hall–Kier alpha value is -3.46. The number of nitrogens with zero attached hydrogens (tertiary/aromatic N) is 3. The number of amides is 1. The summed E-state index contributed by atoms with van der Waals surface area (Å²) in [6, 6.07) is 14.5. The van der Waals surface area contributed by atoms with E-state index in [-0.39, 0.29) is 5.91 Å². The van der Waals surface area contributed by atoms with E-state index in [1.807, 2.05) is 18.2 Å². The van der Waals surface area contributed by atoms with Crippen molar-refractivity contribution in [3.63, 3.8) is 0 Å². The summed E-state index contributed by atoms with van der Waals surface area (Å²) in [5, 5.41) is 10.3. The first-order chi connectivity index (χ1) is 11.2. The molecule has 0 fully saturated rings. The number of para-hydroxylation sites is 1. The molecular formula is C17H11N5O. The minimum absolute atomic E-state index is 0.347. The van der Waals surface area contributed by atoms with Crippen molar-refractivity contribution in [3.8, 4) is 6.07 Å². The molecule has 0 aliphatic carbocycles. The average molecular weight is 301 g/mol. The lowest BCUT2D eigenvalue weighted by molar-refractivity contribution is -0.118. The van der Waals surface area contributed by atoms with Gasteiger partial charge in [0.25, 0.3) is 5.91 Å². The number of hydrogen-bond acceptors (Lipinski definition) is 4. The summed E-state index contributed by atoms with van der Waals surface area (Å²) in [5.41, 5.74) is 8.53. The second-order valence-corrected chi connectivity index (χ2v) is 5.32. The molecule has 0 spiro atoms. The summed E-state index contributed by atoms with van der Waals surface area (Å²) in [6.07, 6.45) is 0. The van der Waals surface area contributed by atoms with E-state index >= 15 is 0 Å². The van der Waals surface area contributed by atoms with Crippen molar-refractivity contribution in [2.24, 2.45) is 10.7 Å². The number of H-pyrrole nitrogens is 1. The number of aromatic amines is 1. The van der Waals surface area contributed by atoms with Crippen molar-refractivity contribution in [1.29, 1.82) is 5.26 Å². The third-order valence-electron chi connectivity index (χ3n) is 3.91. The van der Waals surface area contributed by atoms with Crippen LogP contribution < -0.4 is 16.3 Å². The summed E-state index contributed by atoms with van der Waals surface area (Å²) in [6.45, 7) is 0. The van der Waals surface area contributed by atoms with Crippen LogP contribution in [0, 0.1) is 11.3 Å². The number of nitrogens with two attached hydrogens (primary N) is 1. The molecule has 1 unspecified atom stereocenters. The Morgan fingerprint density at radius 2 is 2.04 bits per heavy atom. The molecule has 6 nitrogen and oxygen atoms in total. The minimum Gasteiger partial charge on any atom is -0.400 e. The Bertz CT molecular complexity index is 1120. The van der Waals surface area contributed by atoms with Gasteiger partial charge in [-0.3, -0.25) is 4.79 Å². The van der Waals surface area contributed by atoms with Crippen molar-refractivity contribution in [2.75, 3.05) is 0 Å². The number of carbonyl (C=O) groups excluding carboxylic acids is 1. The molecule has 0 radical (unpaired) electrons. The number of carbonyl (C=O) groups is 1. The van der Waals surface area contributed by atoms with Gasteiger partial charge in [0.15, 0.2) is 0 Å². The zero-order chi connectivity index (χ0) is 16.0. The summed E-state index contributed by atoms with van der Waals surface area (Å²) < 4.78 is 0. The molecule has 1 amide bonds. The molecule has 1 atom stereocenters. The van der Waals surface area contributed by atoms with E-state index < -0.39 is 5.92 Å². The third-order valence-corrected chi connectivity index (χ3v) is 3.91. The monoisotopic (exact) mass is 301 g/mol. The van der Waals surface area contributed by atoms with Crippen LogP contribution in [0.4, 0.5) is 0 Å². The first-order valence-corrected chi connectivity index (χ1v) is 7.04. The van der Waals surface area contributed by atoms with Crippen molar-refractivity contribution in [3.05, 3.63) is 64.4 Å².